The molecule has 13 nitrogen and oxygen atoms in total. The molecule has 5 rings (SSSR count). The number of nitrogens with one attached hydrogen (secondary N) is 2. The number of hydrogen-bond donors (Lipinski definition) is 7. The second-order valence-electron chi connectivity index (χ2n) is 12.3. The van der Waals surface area contributed by atoms with Crippen LogP contribution >= 0.6 is 0 Å². The first kappa shape index (κ1) is 27.7. The molecule has 1 aromatic rings. The molecule has 13 heteroatoms. The molecule has 2 unspecified atom stereocenters. The molecule has 4 aliphatic carbocycles. The topological polar surface area (TPSA) is 220 Å². The van der Waals surface area contributed by atoms with E-state index in [9.17, 15) is 44.4 Å². The number of carbonyl (C=O) groups is 5. The number of ketones is 3. The van der Waals surface area contributed by atoms with Crippen LogP contribution in [0.4, 0.5) is 11.4 Å². The highest BCUT2D eigenvalue weighted by Crippen LogP contribution is 2.73. The lowest BCUT2D eigenvalue weighted by atomic mass is 9.58. The van der Waals surface area contributed by atoms with Gasteiger partial charge in [-0.15, -0.1) is 0 Å². The Bertz CT molecular complexity index is 1470. The number of phenolic OH excluding ortho intramolecular Hbond substituents is 1. The van der Waals surface area contributed by atoms with Gasteiger partial charge in [0.05, 0.1) is 17.8 Å². The normalized spacial score (nSPS) is 32.2. The summed E-state index contributed by atoms with van der Waals surface area (Å²) in [6.07, 6.45) is -0.272. The maximum Gasteiger partial charge on any atom is 0.256 e. The minimum absolute atomic E-state index is 0.0596. The Labute approximate surface area is 229 Å². The first-order valence-corrected chi connectivity index (χ1v) is 12.8. The van der Waals surface area contributed by atoms with Gasteiger partial charge in [0.25, 0.3) is 5.91 Å². The minimum atomic E-state index is -2.97. The number of benzene rings is 1. The summed E-state index contributed by atoms with van der Waals surface area (Å²) in [5.41, 5.74) is -4.44. The summed E-state index contributed by atoms with van der Waals surface area (Å²) in [7, 11) is 3.35. The molecule has 0 heterocycles. The summed E-state index contributed by atoms with van der Waals surface area (Å²) in [5.74, 6) is -10.5. The van der Waals surface area contributed by atoms with Gasteiger partial charge in [-0.2, -0.15) is 0 Å². The van der Waals surface area contributed by atoms with Gasteiger partial charge in [-0.05, 0) is 51.2 Å². The number of aromatic hydroxyl groups is 1. The van der Waals surface area contributed by atoms with E-state index in [0.717, 1.165) is 0 Å². The van der Waals surface area contributed by atoms with Gasteiger partial charge in [0.2, 0.25) is 11.7 Å². The fourth-order valence-electron chi connectivity index (χ4n) is 7.16. The lowest BCUT2D eigenvalue weighted by Crippen LogP contribution is -2.60. The fourth-order valence-corrected chi connectivity index (χ4v) is 7.16. The zero-order valence-electron chi connectivity index (χ0n) is 22.7. The van der Waals surface area contributed by atoms with E-state index >= 15 is 0 Å². The summed E-state index contributed by atoms with van der Waals surface area (Å²) in [6.45, 7) is 5.45. The molecule has 0 aliphatic heterocycles. The van der Waals surface area contributed by atoms with Crippen molar-refractivity contribution in [3.05, 3.63) is 28.5 Å². The number of nitrogens with zero attached hydrogens (tertiary/aromatic N) is 1. The fraction of sp³-hybridized carbons (Fsp3) is 0.519. The van der Waals surface area contributed by atoms with Crippen LogP contribution in [0.1, 0.15) is 43.1 Å². The van der Waals surface area contributed by atoms with Gasteiger partial charge in [-0.25, -0.2) is 0 Å². The molecular weight excluding hydrogens is 524 g/mol. The van der Waals surface area contributed by atoms with Crippen molar-refractivity contribution in [3.8, 4) is 5.75 Å². The molecule has 8 N–H and O–H groups in total. The van der Waals surface area contributed by atoms with Gasteiger partial charge in [-0.1, -0.05) is 0 Å². The molecule has 0 radical (unpaired) electrons. The Balaban J connectivity index is 1.71. The SMILES string of the molecule is CN(C)c1cc(NC(=O)CNC(C)(C)C)c(O)c2c1C[C@H]1CC3C4(O)C(=O)C(C(N)=O)=C(O)[C@]3(O)[C@]1(C2=O)C4=O. The van der Waals surface area contributed by atoms with Crippen molar-refractivity contribution in [2.24, 2.45) is 23.0 Å². The van der Waals surface area contributed by atoms with Crippen LogP contribution in [0, 0.1) is 17.3 Å². The summed E-state index contributed by atoms with van der Waals surface area (Å²) in [4.78, 5) is 67.9. The molecule has 2 fully saturated rings. The number of aliphatic hydroxyl groups is 3. The van der Waals surface area contributed by atoms with Gasteiger partial charge in [0.15, 0.2) is 17.2 Å². The molecule has 5 atom stereocenters. The van der Waals surface area contributed by atoms with Gasteiger partial charge < -0.3 is 41.7 Å². The monoisotopic (exact) mass is 556 g/mol. The highest BCUT2D eigenvalue weighted by atomic mass is 16.4. The Kier molecular flexibility index (Phi) is 5.63. The summed E-state index contributed by atoms with van der Waals surface area (Å²) in [5, 5.41) is 51.2. The average molecular weight is 557 g/mol. The number of aliphatic hydroxyl groups excluding tert-OH is 1. The standard InChI is InChI=1S/C27H32N4O9/c1-24(2,3)29-9-15(32)30-12-8-13(31(4)5)11-6-10-7-14-26(39)20(35)17(22(28)37)21(36)27(14,40)25(10,23(26)38)19(34)16(11)18(12)33/h8,10,14,29,33,36,39-40H,6-7,9H2,1-5H3,(H2,28,37)(H,30,32)/t10-,14?,25+,26?,27-/m0/s1. The van der Waals surface area contributed by atoms with Crippen LogP contribution in [-0.2, 0) is 25.6 Å². The first-order valence-electron chi connectivity index (χ1n) is 12.8. The number of phenols is 1. The number of anilines is 2. The summed E-state index contributed by atoms with van der Waals surface area (Å²) >= 11 is 0. The van der Waals surface area contributed by atoms with Crippen LogP contribution in [0.15, 0.2) is 17.4 Å². The molecule has 2 amide bonds. The van der Waals surface area contributed by atoms with Gasteiger partial charge in [0.1, 0.15) is 28.1 Å². The van der Waals surface area contributed by atoms with Crippen LogP contribution < -0.4 is 21.3 Å². The Morgan fingerprint density at radius 3 is 2.30 bits per heavy atom. The van der Waals surface area contributed by atoms with Crippen molar-refractivity contribution in [2.45, 2.75) is 50.4 Å². The number of carbonyl (C=O) groups excluding carboxylic acids is 5. The third-order valence-electron chi connectivity index (χ3n) is 8.82. The van der Waals surface area contributed by atoms with Crippen LogP contribution in [0.25, 0.3) is 0 Å². The number of hydrogen-bond acceptors (Lipinski definition) is 11. The Morgan fingerprint density at radius 1 is 1.12 bits per heavy atom. The van der Waals surface area contributed by atoms with Crippen molar-refractivity contribution < 1.29 is 44.4 Å². The number of rotatable bonds is 5. The van der Waals surface area contributed by atoms with Gasteiger partial charge in [0, 0.05) is 31.2 Å². The van der Waals surface area contributed by atoms with Crippen molar-refractivity contribution in [2.75, 3.05) is 30.9 Å². The minimum Gasteiger partial charge on any atom is -0.508 e. The molecule has 0 aromatic heterocycles. The van der Waals surface area contributed by atoms with E-state index in [2.05, 4.69) is 10.6 Å². The number of fused-ring (bicyclic) bond motifs is 1. The van der Waals surface area contributed by atoms with Crippen LogP contribution in [0.2, 0.25) is 0 Å². The maximum absolute atomic E-state index is 14.4. The zero-order valence-corrected chi connectivity index (χ0v) is 22.7. The lowest BCUT2D eigenvalue weighted by molar-refractivity contribution is -0.158. The molecule has 214 valence electrons. The number of amides is 2. The third-order valence-corrected chi connectivity index (χ3v) is 8.82. The molecule has 1 aromatic carbocycles. The largest absolute Gasteiger partial charge is 0.508 e. The van der Waals surface area contributed by atoms with E-state index in [4.69, 9.17) is 5.73 Å². The number of nitrogens with two attached hydrogens (primary N) is 1. The molecule has 40 heavy (non-hydrogen) atoms. The average Bonchev–Trinajstić information content (AvgIpc) is 3.18. The zero-order chi connectivity index (χ0) is 29.9. The quantitative estimate of drug-likeness (QED) is 0.133. The van der Waals surface area contributed by atoms with E-state index in [1.807, 2.05) is 20.8 Å². The molecule has 4 bridgehead atoms. The first-order chi connectivity index (χ1) is 18.4. The van der Waals surface area contributed by atoms with Gasteiger partial charge in [-0.3, -0.25) is 24.0 Å². The second-order valence-corrected chi connectivity index (χ2v) is 12.3. The predicted octanol–water partition coefficient (Wildman–Crippen LogP) is -0.929. The van der Waals surface area contributed by atoms with E-state index in [0.29, 0.717) is 11.3 Å². The van der Waals surface area contributed by atoms with Crippen LogP contribution in [0.5, 0.6) is 5.75 Å². The van der Waals surface area contributed by atoms with E-state index in [1.165, 1.54) is 6.07 Å². The van der Waals surface area contributed by atoms with E-state index in [1.54, 1.807) is 19.0 Å². The van der Waals surface area contributed by atoms with E-state index in [-0.39, 0.29) is 30.6 Å². The summed E-state index contributed by atoms with van der Waals surface area (Å²) < 4.78 is 0. The summed E-state index contributed by atoms with van der Waals surface area (Å²) in [6, 6.07) is 1.48. The highest BCUT2D eigenvalue weighted by Gasteiger charge is 2.90. The molecule has 4 aliphatic rings. The number of primary amides is 1. The van der Waals surface area contributed by atoms with Gasteiger partial charge >= 0.3 is 0 Å². The lowest BCUT2D eigenvalue weighted by Gasteiger charge is -2.43. The maximum atomic E-state index is 14.4. The van der Waals surface area contributed by atoms with E-state index < -0.39 is 80.3 Å². The Morgan fingerprint density at radius 2 is 1.75 bits per heavy atom. The molecular formula is C27H32N4O9. The molecule has 0 saturated heterocycles. The van der Waals surface area contributed by atoms with Crippen LogP contribution in [0.3, 0.4) is 0 Å². The van der Waals surface area contributed by atoms with Crippen molar-refractivity contribution in [1.29, 1.82) is 0 Å². The Hall–Kier alpha value is -3.81. The van der Waals surface area contributed by atoms with Crippen molar-refractivity contribution in [1.82, 2.24) is 5.32 Å². The third kappa shape index (κ3) is 3.05. The van der Waals surface area contributed by atoms with Crippen molar-refractivity contribution in [3.63, 3.8) is 0 Å². The second kappa shape index (κ2) is 8.12. The predicted molar refractivity (Wildman–Crippen MR) is 140 cm³/mol. The number of Topliss-reactive ketones (excluding diaryl/α,β-unsaturated/α-hetero) is 3. The van der Waals surface area contributed by atoms with Crippen molar-refractivity contribution >= 4 is 40.5 Å². The molecule has 1 spiro atoms. The highest BCUT2D eigenvalue weighted by molar-refractivity contribution is 6.37. The molecule has 2 saturated carbocycles. The van der Waals surface area contributed by atoms with Crippen LogP contribution in [-0.4, -0.2) is 87.0 Å². The smallest absolute Gasteiger partial charge is 0.256 e.